The number of ether oxygens (including phenoxy) is 2. The first-order valence-corrected chi connectivity index (χ1v) is 5.45. The maximum Gasteiger partial charge on any atom is 0.283 e. The molecular formula is C12H15NO6. The Balaban J connectivity index is 3.18. The van der Waals surface area contributed by atoms with E-state index in [0.717, 1.165) is 6.07 Å². The highest BCUT2D eigenvalue weighted by Crippen LogP contribution is 2.34. The minimum absolute atomic E-state index is 0.0685. The molecule has 1 aromatic rings. The second-order valence-electron chi connectivity index (χ2n) is 4.54. The number of rotatable bonds is 6. The van der Waals surface area contributed by atoms with Gasteiger partial charge < -0.3 is 14.6 Å². The molecule has 0 heterocycles. The number of nitro benzene ring substituents is 1. The first kappa shape index (κ1) is 14.9. The van der Waals surface area contributed by atoms with Crippen LogP contribution in [0.4, 0.5) is 5.69 Å². The van der Waals surface area contributed by atoms with E-state index < -0.39 is 10.5 Å². The molecule has 1 aromatic carbocycles. The van der Waals surface area contributed by atoms with E-state index >= 15 is 0 Å². The van der Waals surface area contributed by atoms with Gasteiger partial charge in [-0.15, -0.1) is 0 Å². The van der Waals surface area contributed by atoms with Crippen LogP contribution in [0.3, 0.4) is 0 Å². The molecule has 7 nitrogen and oxygen atoms in total. The van der Waals surface area contributed by atoms with E-state index in [1.54, 1.807) is 0 Å². The molecule has 0 fully saturated rings. The molecule has 0 saturated carbocycles. The fourth-order valence-corrected chi connectivity index (χ4v) is 1.34. The van der Waals surface area contributed by atoms with Crippen LogP contribution in [-0.4, -0.2) is 35.6 Å². The average molecular weight is 269 g/mol. The van der Waals surface area contributed by atoms with Crippen molar-refractivity contribution in [3.8, 4) is 11.5 Å². The molecule has 104 valence electrons. The molecule has 0 spiro atoms. The number of nitro groups is 1. The summed E-state index contributed by atoms with van der Waals surface area (Å²) in [5, 5.41) is 20.4. The fraction of sp³-hybridized carbons (Fsp3) is 0.417. The van der Waals surface area contributed by atoms with Crippen LogP contribution >= 0.6 is 0 Å². The number of hydrogen-bond donors (Lipinski definition) is 1. The number of methoxy groups -OCH3 is 1. The number of carbonyl (C=O) groups excluding carboxylic acids is 1. The topological polar surface area (TPSA) is 98.9 Å². The van der Waals surface area contributed by atoms with E-state index in [9.17, 15) is 20.0 Å². The summed E-state index contributed by atoms with van der Waals surface area (Å²) < 4.78 is 10.3. The molecule has 0 aromatic heterocycles. The standard InChI is InChI=1S/C12H15NO6/c1-12(2,15)7-19-11-5-9(13(16)17)8(6-14)4-10(11)18-3/h4-6,15H,7H2,1-3H3. The molecule has 0 bridgehead atoms. The molecule has 0 aliphatic rings. The molecule has 0 aliphatic carbocycles. The third-order valence-electron chi connectivity index (χ3n) is 2.22. The number of aliphatic hydroxyl groups is 1. The van der Waals surface area contributed by atoms with Gasteiger partial charge in [-0.2, -0.15) is 0 Å². The van der Waals surface area contributed by atoms with Crippen molar-refractivity contribution < 1.29 is 24.3 Å². The van der Waals surface area contributed by atoms with Crippen LogP contribution in [0, 0.1) is 10.1 Å². The molecule has 1 rings (SSSR count). The Bertz CT molecular complexity index is 492. The van der Waals surface area contributed by atoms with Crippen molar-refractivity contribution in [2.24, 2.45) is 0 Å². The lowest BCUT2D eigenvalue weighted by atomic mass is 10.1. The van der Waals surface area contributed by atoms with Gasteiger partial charge in [0.05, 0.1) is 29.3 Å². The molecule has 0 radical (unpaired) electrons. The Morgan fingerprint density at radius 1 is 1.42 bits per heavy atom. The predicted molar refractivity (Wildman–Crippen MR) is 66.8 cm³/mol. The summed E-state index contributed by atoms with van der Waals surface area (Å²) in [6, 6.07) is 2.33. The molecule has 0 unspecified atom stereocenters. The highest BCUT2D eigenvalue weighted by molar-refractivity contribution is 5.83. The van der Waals surface area contributed by atoms with Crippen molar-refractivity contribution in [3.63, 3.8) is 0 Å². The lowest BCUT2D eigenvalue weighted by Gasteiger charge is -2.19. The van der Waals surface area contributed by atoms with Crippen LogP contribution in [0.25, 0.3) is 0 Å². The van der Waals surface area contributed by atoms with Crippen LogP contribution in [0.15, 0.2) is 12.1 Å². The van der Waals surface area contributed by atoms with Crippen molar-refractivity contribution in [1.82, 2.24) is 0 Å². The molecule has 0 atom stereocenters. The zero-order valence-electron chi connectivity index (χ0n) is 10.9. The average Bonchev–Trinajstić information content (AvgIpc) is 2.34. The van der Waals surface area contributed by atoms with Crippen molar-refractivity contribution in [3.05, 3.63) is 27.8 Å². The minimum atomic E-state index is -1.09. The largest absolute Gasteiger partial charge is 0.493 e. The fourth-order valence-electron chi connectivity index (χ4n) is 1.34. The Morgan fingerprint density at radius 3 is 2.47 bits per heavy atom. The van der Waals surface area contributed by atoms with E-state index in [-0.39, 0.29) is 29.4 Å². The van der Waals surface area contributed by atoms with Gasteiger partial charge in [-0.25, -0.2) is 0 Å². The summed E-state index contributed by atoms with van der Waals surface area (Å²) in [7, 11) is 1.35. The molecule has 0 amide bonds. The molecule has 0 saturated heterocycles. The van der Waals surface area contributed by atoms with Gasteiger partial charge in [0.15, 0.2) is 17.8 Å². The van der Waals surface area contributed by atoms with Crippen LogP contribution < -0.4 is 9.47 Å². The number of hydrogen-bond acceptors (Lipinski definition) is 6. The van der Waals surface area contributed by atoms with Gasteiger partial charge in [-0.05, 0) is 13.8 Å². The highest BCUT2D eigenvalue weighted by atomic mass is 16.6. The van der Waals surface area contributed by atoms with Gasteiger partial charge in [0.1, 0.15) is 6.61 Å². The van der Waals surface area contributed by atoms with Gasteiger partial charge in [-0.1, -0.05) is 0 Å². The predicted octanol–water partition coefficient (Wildman–Crippen LogP) is 1.57. The number of benzene rings is 1. The van der Waals surface area contributed by atoms with Gasteiger partial charge in [0, 0.05) is 6.07 Å². The quantitative estimate of drug-likeness (QED) is 0.478. The van der Waals surface area contributed by atoms with Gasteiger partial charge >= 0.3 is 0 Å². The Kier molecular flexibility index (Phi) is 4.44. The maximum absolute atomic E-state index is 10.8. The van der Waals surface area contributed by atoms with Crippen LogP contribution in [0.5, 0.6) is 11.5 Å². The number of nitrogens with zero attached hydrogens (tertiary/aromatic N) is 1. The number of carbonyl (C=O) groups is 1. The van der Waals surface area contributed by atoms with Gasteiger partial charge in [0.25, 0.3) is 5.69 Å². The van der Waals surface area contributed by atoms with Crippen LogP contribution in [0.2, 0.25) is 0 Å². The van der Waals surface area contributed by atoms with Crippen molar-refractivity contribution >= 4 is 12.0 Å². The zero-order chi connectivity index (χ0) is 14.6. The van der Waals surface area contributed by atoms with E-state index in [2.05, 4.69) is 0 Å². The third kappa shape index (κ3) is 3.92. The van der Waals surface area contributed by atoms with Crippen LogP contribution in [0.1, 0.15) is 24.2 Å². The van der Waals surface area contributed by atoms with E-state index in [1.165, 1.54) is 27.0 Å². The normalized spacial score (nSPS) is 10.9. The summed E-state index contributed by atoms with van der Waals surface area (Å²) in [5.74, 6) is 0.291. The maximum atomic E-state index is 10.8. The lowest BCUT2D eigenvalue weighted by Crippen LogP contribution is -2.28. The second kappa shape index (κ2) is 5.66. The minimum Gasteiger partial charge on any atom is -0.493 e. The Labute approximate surface area is 109 Å². The SMILES string of the molecule is COc1cc(C=O)c([N+](=O)[O-])cc1OCC(C)(C)O. The van der Waals surface area contributed by atoms with Crippen molar-refractivity contribution in [2.45, 2.75) is 19.4 Å². The highest BCUT2D eigenvalue weighted by Gasteiger charge is 2.21. The van der Waals surface area contributed by atoms with Crippen LogP contribution in [-0.2, 0) is 0 Å². The van der Waals surface area contributed by atoms with E-state index in [4.69, 9.17) is 9.47 Å². The van der Waals surface area contributed by atoms with Crippen molar-refractivity contribution in [1.29, 1.82) is 0 Å². The monoisotopic (exact) mass is 269 g/mol. The Morgan fingerprint density at radius 2 is 2.05 bits per heavy atom. The smallest absolute Gasteiger partial charge is 0.283 e. The molecular weight excluding hydrogens is 254 g/mol. The third-order valence-corrected chi connectivity index (χ3v) is 2.22. The first-order chi connectivity index (χ1) is 8.78. The van der Waals surface area contributed by atoms with Gasteiger partial charge in [0.2, 0.25) is 0 Å². The lowest BCUT2D eigenvalue weighted by molar-refractivity contribution is -0.385. The summed E-state index contributed by atoms with van der Waals surface area (Å²) in [4.78, 5) is 20.9. The summed E-state index contributed by atoms with van der Waals surface area (Å²) in [6.07, 6.45) is 0.375. The van der Waals surface area contributed by atoms with E-state index in [0.29, 0.717) is 6.29 Å². The Hall–Kier alpha value is -2.15. The molecule has 7 heteroatoms. The molecule has 19 heavy (non-hydrogen) atoms. The summed E-state index contributed by atoms with van der Waals surface area (Å²) >= 11 is 0. The molecule has 1 N–H and O–H groups in total. The summed E-state index contributed by atoms with van der Waals surface area (Å²) in [6.45, 7) is 3.00. The second-order valence-corrected chi connectivity index (χ2v) is 4.54. The van der Waals surface area contributed by atoms with E-state index in [1.807, 2.05) is 0 Å². The number of aldehydes is 1. The zero-order valence-corrected chi connectivity index (χ0v) is 10.9. The first-order valence-electron chi connectivity index (χ1n) is 5.45. The van der Waals surface area contributed by atoms with Gasteiger partial charge in [-0.3, -0.25) is 14.9 Å². The molecule has 0 aliphatic heterocycles. The van der Waals surface area contributed by atoms with Crippen molar-refractivity contribution in [2.75, 3.05) is 13.7 Å². The summed E-state index contributed by atoms with van der Waals surface area (Å²) in [5.41, 5.74) is -1.57.